The molecule has 1 amide bonds. The summed E-state index contributed by atoms with van der Waals surface area (Å²) in [6.45, 7) is 0. The summed E-state index contributed by atoms with van der Waals surface area (Å²) in [6.07, 6.45) is -1.03. The normalized spacial score (nSPS) is 12.2. The summed E-state index contributed by atoms with van der Waals surface area (Å²) in [5, 5.41) is 8.67. The number of thiocarbonyl (C=S) groups is 1. The predicted octanol–water partition coefficient (Wildman–Crippen LogP) is 5.31. The molecule has 3 N–H and O–H groups in total. The minimum atomic E-state index is -1.81. The van der Waals surface area contributed by atoms with Gasteiger partial charge in [0.25, 0.3) is 5.91 Å². The fourth-order valence-electron chi connectivity index (χ4n) is 1.88. The van der Waals surface area contributed by atoms with E-state index in [2.05, 4.69) is 61.1 Å². The van der Waals surface area contributed by atoms with Crippen LogP contribution in [0.25, 0.3) is 0 Å². The number of carbonyl (C=O) groups excluding carboxylic acids is 1. The van der Waals surface area contributed by atoms with E-state index in [1.807, 2.05) is 30.3 Å². The Balaban J connectivity index is 2.06. The minimum absolute atomic E-state index is 0.213. The molecule has 0 saturated carbocycles. The molecule has 0 spiro atoms. The van der Waals surface area contributed by atoms with Crippen LogP contribution in [0, 0.1) is 7.14 Å². The molecule has 0 aliphatic rings. The zero-order valence-corrected chi connectivity index (χ0v) is 20.3. The Bertz CT molecular complexity index is 800. The van der Waals surface area contributed by atoms with Crippen molar-refractivity contribution in [3.63, 3.8) is 0 Å². The second-order valence-corrected chi connectivity index (χ2v) is 10.3. The molecule has 0 aromatic heterocycles. The van der Waals surface area contributed by atoms with E-state index in [9.17, 15) is 4.79 Å². The summed E-state index contributed by atoms with van der Waals surface area (Å²) in [5.74, 6) is -0.385. The van der Waals surface area contributed by atoms with E-state index >= 15 is 0 Å². The van der Waals surface area contributed by atoms with Gasteiger partial charge in [-0.25, -0.2) is 0 Å². The third-order valence-electron chi connectivity index (χ3n) is 3.07. The van der Waals surface area contributed by atoms with Gasteiger partial charge < -0.3 is 16.0 Å². The second kappa shape index (κ2) is 9.92. The number of halogens is 5. The molecule has 1 atom stereocenters. The zero-order chi connectivity index (χ0) is 19.3. The van der Waals surface area contributed by atoms with E-state index in [-0.39, 0.29) is 11.0 Å². The van der Waals surface area contributed by atoms with Crippen molar-refractivity contribution in [1.29, 1.82) is 0 Å². The summed E-state index contributed by atoms with van der Waals surface area (Å²) in [5.41, 5.74) is 1.23. The maximum absolute atomic E-state index is 12.4. The first kappa shape index (κ1) is 22.2. The SMILES string of the molecule is O=C(NC(NC(=S)Nc1ccc(I)cc1)C(Cl)(Cl)Cl)c1cccc(I)c1. The van der Waals surface area contributed by atoms with E-state index in [0.717, 1.165) is 12.8 Å². The van der Waals surface area contributed by atoms with Crippen molar-refractivity contribution in [3.8, 4) is 0 Å². The second-order valence-electron chi connectivity index (χ2n) is 5.06. The molecule has 0 saturated heterocycles. The lowest BCUT2D eigenvalue weighted by atomic mass is 10.2. The van der Waals surface area contributed by atoms with Crippen LogP contribution < -0.4 is 16.0 Å². The molecule has 4 nitrogen and oxygen atoms in total. The number of alkyl halides is 3. The number of nitrogens with one attached hydrogen (secondary N) is 3. The Morgan fingerprint density at radius 1 is 1.00 bits per heavy atom. The monoisotopic (exact) mass is 653 g/mol. The lowest BCUT2D eigenvalue weighted by Crippen LogP contribution is -2.56. The van der Waals surface area contributed by atoms with Gasteiger partial charge in [0.15, 0.2) is 5.11 Å². The van der Waals surface area contributed by atoms with Crippen LogP contribution in [-0.2, 0) is 0 Å². The number of hydrogen-bond donors (Lipinski definition) is 3. The average Bonchev–Trinajstić information content (AvgIpc) is 2.55. The molecule has 0 radical (unpaired) electrons. The summed E-state index contributed by atoms with van der Waals surface area (Å²) >= 11 is 27.6. The standard InChI is InChI=1S/C16H12Cl3I2N3OS/c17-16(18,19)14(23-13(25)9-2-1-3-11(21)8-9)24-15(26)22-12-6-4-10(20)5-7-12/h1-8,14H,(H,23,25)(H2,22,24,26). The molecule has 0 fully saturated rings. The maximum atomic E-state index is 12.4. The first-order valence-electron chi connectivity index (χ1n) is 7.11. The highest BCUT2D eigenvalue weighted by Crippen LogP contribution is 2.29. The molecule has 26 heavy (non-hydrogen) atoms. The topological polar surface area (TPSA) is 53.2 Å². The Kier molecular flexibility index (Phi) is 8.48. The van der Waals surface area contributed by atoms with Gasteiger partial charge in [0, 0.05) is 18.4 Å². The fraction of sp³-hybridized carbons (Fsp3) is 0.125. The van der Waals surface area contributed by atoms with Crippen LogP contribution in [0.4, 0.5) is 5.69 Å². The van der Waals surface area contributed by atoms with E-state index in [4.69, 9.17) is 47.0 Å². The number of rotatable bonds is 4. The average molecular weight is 655 g/mol. The lowest BCUT2D eigenvalue weighted by Gasteiger charge is -2.27. The molecule has 138 valence electrons. The van der Waals surface area contributed by atoms with Gasteiger partial charge in [0.2, 0.25) is 3.79 Å². The molecule has 2 aromatic rings. The van der Waals surface area contributed by atoms with Crippen LogP contribution in [0.1, 0.15) is 10.4 Å². The highest BCUT2D eigenvalue weighted by molar-refractivity contribution is 14.1. The van der Waals surface area contributed by atoms with Crippen molar-refractivity contribution in [2.75, 3.05) is 5.32 Å². The Hall–Kier alpha value is -0.0700. The van der Waals surface area contributed by atoms with E-state index in [1.165, 1.54) is 0 Å². The fourth-order valence-corrected chi connectivity index (χ4v) is 3.34. The summed E-state index contributed by atoms with van der Waals surface area (Å²) in [7, 11) is 0. The number of hydrogen-bond acceptors (Lipinski definition) is 2. The van der Waals surface area contributed by atoms with Crippen molar-refractivity contribution >= 4 is 109 Å². The van der Waals surface area contributed by atoms with E-state index in [0.29, 0.717) is 5.56 Å². The molecule has 2 rings (SSSR count). The molecule has 0 aliphatic carbocycles. The molecular formula is C16H12Cl3I2N3OS. The molecule has 2 aromatic carbocycles. The molecule has 0 bridgehead atoms. The molecule has 1 unspecified atom stereocenters. The number of carbonyl (C=O) groups is 1. The van der Waals surface area contributed by atoms with Gasteiger partial charge in [-0.1, -0.05) is 40.9 Å². The van der Waals surface area contributed by atoms with E-state index in [1.54, 1.807) is 18.2 Å². The molecule has 0 aliphatic heterocycles. The van der Waals surface area contributed by atoms with Gasteiger partial charge in [-0.3, -0.25) is 4.79 Å². The molecule has 10 heteroatoms. The first-order valence-corrected chi connectivity index (χ1v) is 10.8. The quantitative estimate of drug-likeness (QED) is 0.181. The molecule has 0 heterocycles. The van der Waals surface area contributed by atoms with Gasteiger partial charge in [0.05, 0.1) is 0 Å². The van der Waals surface area contributed by atoms with Gasteiger partial charge in [-0.05, 0) is 99.9 Å². The van der Waals surface area contributed by atoms with Gasteiger partial charge >= 0.3 is 0 Å². The largest absolute Gasteiger partial charge is 0.339 e. The third kappa shape index (κ3) is 7.16. The van der Waals surface area contributed by atoms with Crippen LogP contribution in [-0.4, -0.2) is 21.0 Å². The highest BCUT2D eigenvalue weighted by Gasteiger charge is 2.34. The van der Waals surface area contributed by atoms with E-state index < -0.39 is 9.96 Å². The zero-order valence-electron chi connectivity index (χ0n) is 12.9. The van der Waals surface area contributed by atoms with Crippen molar-refractivity contribution < 1.29 is 4.79 Å². The van der Waals surface area contributed by atoms with Crippen LogP contribution >= 0.6 is 92.2 Å². The third-order valence-corrected chi connectivity index (χ3v) is 5.33. The lowest BCUT2D eigenvalue weighted by molar-refractivity contribution is 0.0934. The van der Waals surface area contributed by atoms with Crippen LogP contribution in [0.3, 0.4) is 0 Å². The van der Waals surface area contributed by atoms with Crippen molar-refractivity contribution in [2.24, 2.45) is 0 Å². The van der Waals surface area contributed by atoms with Crippen LogP contribution in [0.15, 0.2) is 48.5 Å². The number of amides is 1. The summed E-state index contributed by atoms with van der Waals surface area (Å²) in [4.78, 5) is 12.4. The van der Waals surface area contributed by atoms with Gasteiger partial charge in [0.1, 0.15) is 6.17 Å². The highest BCUT2D eigenvalue weighted by atomic mass is 127. The number of benzene rings is 2. The maximum Gasteiger partial charge on any atom is 0.253 e. The Morgan fingerprint density at radius 3 is 2.23 bits per heavy atom. The van der Waals surface area contributed by atoms with Gasteiger partial charge in [-0.15, -0.1) is 0 Å². The predicted molar refractivity (Wildman–Crippen MR) is 129 cm³/mol. The smallest absolute Gasteiger partial charge is 0.253 e. The van der Waals surface area contributed by atoms with Crippen molar-refractivity contribution in [3.05, 3.63) is 61.2 Å². The molecular weight excluding hydrogens is 642 g/mol. The Labute approximate surface area is 199 Å². The van der Waals surface area contributed by atoms with Crippen molar-refractivity contribution in [2.45, 2.75) is 9.96 Å². The van der Waals surface area contributed by atoms with Crippen LogP contribution in [0.2, 0.25) is 0 Å². The van der Waals surface area contributed by atoms with Gasteiger partial charge in [-0.2, -0.15) is 0 Å². The minimum Gasteiger partial charge on any atom is -0.339 e. The summed E-state index contributed by atoms with van der Waals surface area (Å²) in [6, 6.07) is 14.6. The number of anilines is 1. The van der Waals surface area contributed by atoms with Crippen molar-refractivity contribution in [1.82, 2.24) is 10.6 Å². The summed E-state index contributed by atoms with van der Waals surface area (Å²) < 4.78 is 0.204. The Morgan fingerprint density at radius 2 is 1.65 bits per heavy atom. The van der Waals surface area contributed by atoms with Crippen LogP contribution in [0.5, 0.6) is 0 Å². The first-order chi connectivity index (χ1) is 12.1.